The topological polar surface area (TPSA) is 33.7 Å². The minimum Gasteiger partial charge on any atom is -0.468 e. The van der Waals surface area contributed by atoms with E-state index in [0.29, 0.717) is 30.4 Å². The molecule has 1 N–H and O–H groups in total. The van der Waals surface area contributed by atoms with Crippen LogP contribution in [-0.4, -0.2) is 36.0 Å². The van der Waals surface area contributed by atoms with Crippen LogP contribution < -0.4 is 10.1 Å². The summed E-state index contributed by atoms with van der Waals surface area (Å²) in [5.41, 5.74) is 0.312. The first kappa shape index (κ1) is 13.6. The van der Waals surface area contributed by atoms with Crippen molar-refractivity contribution in [1.29, 1.82) is 0 Å². The molecular weight excluding hydrogens is 279 g/mol. The molecule has 1 fully saturated rings. The van der Waals surface area contributed by atoms with Crippen molar-refractivity contribution >= 4 is 17.3 Å². The van der Waals surface area contributed by atoms with Crippen molar-refractivity contribution < 1.29 is 13.9 Å². The summed E-state index contributed by atoms with van der Waals surface area (Å²) >= 11 is 5.41. The predicted octanol–water partition coefficient (Wildman–Crippen LogP) is 2.20. The van der Waals surface area contributed by atoms with Crippen LogP contribution in [0.5, 0.6) is 5.75 Å². The second-order valence-corrected chi connectivity index (χ2v) is 5.70. The van der Waals surface area contributed by atoms with E-state index in [2.05, 4.69) is 5.32 Å². The van der Waals surface area contributed by atoms with Gasteiger partial charge in [-0.2, -0.15) is 0 Å². The normalized spacial score (nSPS) is 27.6. The molecule has 2 unspecified atom stereocenters. The summed E-state index contributed by atoms with van der Waals surface area (Å²) < 4.78 is 24.6. The van der Waals surface area contributed by atoms with Crippen LogP contribution in [-0.2, 0) is 4.74 Å². The van der Waals surface area contributed by atoms with Crippen molar-refractivity contribution in [3.63, 3.8) is 0 Å². The average molecular weight is 296 g/mol. The Bertz CT molecular complexity index is 554. The van der Waals surface area contributed by atoms with Crippen molar-refractivity contribution in [3.8, 4) is 5.75 Å². The van der Waals surface area contributed by atoms with Crippen LogP contribution in [0.25, 0.3) is 0 Å². The van der Waals surface area contributed by atoms with Crippen LogP contribution >= 0.6 is 12.2 Å². The first-order valence-electron chi connectivity index (χ1n) is 6.59. The fraction of sp³-hybridized carbons (Fsp3) is 0.500. The third-order valence-corrected chi connectivity index (χ3v) is 4.23. The minimum atomic E-state index is -0.518. The van der Waals surface area contributed by atoms with Gasteiger partial charge in [-0.1, -0.05) is 0 Å². The molecule has 0 aromatic heterocycles. The summed E-state index contributed by atoms with van der Waals surface area (Å²) in [6.45, 7) is 3.24. The summed E-state index contributed by atoms with van der Waals surface area (Å²) in [4.78, 5) is 1.99. The van der Waals surface area contributed by atoms with E-state index in [-0.39, 0.29) is 11.9 Å². The summed E-state index contributed by atoms with van der Waals surface area (Å²) in [6.07, 6.45) is 0.716. The number of hydrogen-bond acceptors (Lipinski definition) is 3. The molecule has 2 aliphatic heterocycles. The van der Waals surface area contributed by atoms with E-state index in [9.17, 15) is 4.39 Å². The van der Waals surface area contributed by atoms with Gasteiger partial charge in [-0.3, -0.25) is 0 Å². The Morgan fingerprint density at radius 3 is 3.15 bits per heavy atom. The molecule has 1 aromatic carbocycles. The van der Waals surface area contributed by atoms with Gasteiger partial charge in [0, 0.05) is 25.6 Å². The number of nitrogens with zero attached hydrogens (tertiary/aromatic N) is 1. The third kappa shape index (κ3) is 2.13. The standard InChI is InChI=1S/C14H17FN2O2S/c1-14-8-11(16-13(20)17(14)5-6-18-2)10-7-9(15)3-4-12(10)19-14/h3-4,7,11H,5-6,8H2,1-2H3,(H,16,20). The van der Waals surface area contributed by atoms with Gasteiger partial charge in [-0.15, -0.1) is 0 Å². The fourth-order valence-corrected chi connectivity index (χ4v) is 3.33. The Kier molecular flexibility index (Phi) is 3.30. The number of ether oxygens (including phenoxy) is 2. The molecule has 1 aromatic rings. The van der Waals surface area contributed by atoms with Gasteiger partial charge >= 0.3 is 0 Å². The molecule has 0 aliphatic carbocycles. The number of hydrogen-bond donors (Lipinski definition) is 1. The molecule has 0 radical (unpaired) electrons. The van der Waals surface area contributed by atoms with Crippen LogP contribution in [0.15, 0.2) is 18.2 Å². The molecule has 3 rings (SSSR count). The van der Waals surface area contributed by atoms with Crippen LogP contribution in [0.1, 0.15) is 24.9 Å². The lowest BCUT2D eigenvalue weighted by atomic mass is 9.90. The number of rotatable bonds is 3. The van der Waals surface area contributed by atoms with Crippen molar-refractivity contribution in [3.05, 3.63) is 29.6 Å². The number of benzene rings is 1. The summed E-state index contributed by atoms with van der Waals surface area (Å²) in [5, 5.41) is 3.89. The molecule has 108 valence electrons. The second-order valence-electron chi connectivity index (χ2n) is 5.31. The molecule has 2 atom stereocenters. The highest BCUT2D eigenvalue weighted by atomic mass is 32.1. The predicted molar refractivity (Wildman–Crippen MR) is 77.1 cm³/mol. The quantitative estimate of drug-likeness (QED) is 0.865. The molecule has 4 nitrogen and oxygen atoms in total. The van der Waals surface area contributed by atoms with E-state index in [4.69, 9.17) is 21.7 Å². The lowest BCUT2D eigenvalue weighted by molar-refractivity contribution is -0.0741. The Morgan fingerprint density at radius 2 is 2.40 bits per heavy atom. The molecule has 0 spiro atoms. The maximum Gasteiger partial charge on any atom is 0.184 e. The van der Waals surface area contributed by atoms with Gasteiger partial charge in [0.2, 0.25) is 0 Å². The lowest BCUT2D eigenvalue weighted by Gasteiger charge is -2.52. The van der Waals surface area contributed by atoms with Gasteiger partial charge in [0.25, 0.3) is 0 Å². The molecule has 1 saturated heterocycles. The van der Waals surface area contributed by atoms with Gasteiger partial charge < -0.3 is 19.7 Å². The van der Waals surface area contributed by atoms with Gasteiger partial charge in [-0.05, 0) is 37.3 Å². The summed E-state index contributed by atoms with van der Waals surface area (Å²) in [6, 6.07) is 4.60. The number of halogens is 1. The van der Waals surface area contributed by atoms with E-state index in [1.807, 2.05) is 11.8 Å². The number of methoxy groups -OCH3 is 1. The lowest BCUT2D eigenvalue weighted by Crippen LogP contribution is -2.65. The number of thiocarbonyl (C=S) groups is 1. The zero-order valence-corrected chi connectivity index (χ0v) is 12.3. The summed E-state index contributed by atoms with van der Waals surface area (Å²) in [5.74, 6) is 0.452. The van der Waals surface area contributed by atoms with Crippen molar-refractivity contribution in [2.24, 2.45) is 0 Å². The molecule has 6 heteroatoms. The van der Waals surface area contributed by atoms with Crippen LogP contribution in [0.4, 0.5) is 4.39 Å². The molecule has 0 amide bonds. The fourth-order valence-electron chi connectivity index (χ4n) is 2.91. The zero-order valence-electron chi connectivity index (χ0n) is 11.5. The maximum atomic E-state index is 13.4. The maximum absolute atomic E-state index is 13.4. The third-order valence-electron chi connectivity index (χ3n) is 3.89. The SMILES string of the molecule is COCCN1C(=S)NC2CC1(C)Oc1ccc(F)cc12. The van der Waals surface area contributed by atoms with Crippen LogP contribution in [0.3, 0.4) is 0 Å². The Hall–Kier alpha value is -1.40. The van der Waals surface area contributed by atoms with E-state index >= 15 is 0 Å². The van der Waals surface area contributed by atoms with E-state index in [0.717, 1.165) is 5.56 Å². The Balaban J connectivity index is 1.96. The van der Waals surface area contributed by atoms with Crippen molar-refractivity contribution in [2.45, 2.75) is 25.1 Å². The van der Waals surface area contributed by atoms with Gasteiger partial charge in [-0.25, -0.2) is 4.39 Å². The Morgan fingerprint density at radius 1 is 1.60 bits per heavy atom. The molecule has 2 bridgehead atoms. The molecular formula is C14H17FN2O2S. The average Bonchev–Trinajstić information content (AvgIpc) is 2.39. The minimum absolute atomic E-state index is 0.00857. The first-order valence-corrected chi connectivity index (χ1v) is 7.00. The second kappa shape index (κ2) is 4.86. The van der Waals surface area contributed by atoms with Crippen LogP contribution in [0, 0.1) is 5.82 Å². The van der Waals surface area contributed by atoms with E-state index < -0.39 is 5.72 Å². The van der Waals surface area contributed by atoms with Crippen molar-refractivity contribution in [1.82, 2.24) is 10.2 Å². The first-order chi connectivity index (χ1) is 9.53. The van der Waals surface area contributed by atoms with Crippen molar-refractivity contribution in [2.75, 3.05) is 20.3 Å². The van der Waals surface area contributed by atoms with Gasteiger partial charge in [0.1, 0.15) is 11.6 Å². The zero-order chi connectivity index (χ0) is 14.3. The molecule has 2 heterocycles. The van der Waals surface area contributed by atoms with Gasteiger partial charge in [0.15, 0.2) is 10.8 Å². The highest BCUT2D eigenvalue weighted by molar-refractivity contribution is 7.80. The number of fused-ring (bicyclic) bond motifs is 4. The molecule has 0 saturated carbocycles. The Labute approximate surface area is 122 Å². The number of nitrogens with one attached hydrogen (secondary N) is 1. The highest BCUT2D eigenvalue weighted by Crippen LogP contribution is 2.44. The van der Waals surface area contributed by atoms with E-state index in [1.165, 1.54) is 12.1 Å². The van der Waals surface area contributed by atoms with Gasteiger partial charge in [0.05, 0.1) is 12.6 Å². The monoisotopic (exact) mass is 296 g/mol. The molecule has 2 aliphatic rings. The highest BCUT2D eigenvalue weighted by Gasteiger charge is 2.47. The van der Waals surface area contributed by atoms with E-state index in [1.54, 1.807) is 13.2 Å². The smallest absolute Gasteiger partial charge is 0.184 e. The molecule has 20 heavy (non-hydrogen) atoms. The van der Waals surface area contributed by atoms with Crippen LogP contribution in [0.2, 0.25) is 0 Å². The summed E-state index contributed by atoms with van der Waals surface area (Å²) in [7, 11) is 1.66. The largest absolute Gasteiger partial charge is 0.468 e.